The number of phenols is 1. The molecule has 3 nitrogen and oxygen atoms in total. The lowest BCUT2D eigenvalue weighted by Gasteiger charge is -2.19. The fraction of sp³-hybridized carbons (Fsp3) is 0.250. The smallest absolute Gasteiger partial charge is 0.145 e. The predicted molar refractivity (Wildman–Crippen MR) is 77.7 cm³/mol. The normalized spacial score (nSPS) is 11.9. The van der Waals surface area contributed by atoms with Gasteiger partial charge in [0.1, 0.15) is 17.3 Å². The molecule has 20 heavy (non-hydrogen) atoms. The number of anilines is 1. The maximum atomic E-state index is 13.2. The van der Waals surface area contributed by atoms with Gasteiger partial charge < -0.3 is 15.2 Å². The minimum Gasteiger partial charge on any atom is -0.508 e. The number of para-hydroxylation sites is 1. The van der Waals surface area contributed by atoms with Crippen molar-refractivity contribution in [2.24, 2.45) is 0 Å². The Kier molecular flexibility index (Phi) is 4.45. The van der Waals surface area contributed by atoms with Crippen molar-refractivity contribution in [1.82, 2.24) is 0 Å². The highest BCUT2D eigenvalue weighted by molar-refractivity contribution is 5.58. The second-order valence-corrected chi connectivity index (χ2v) is 4.50. The number of nitrogens with one attached hydrogen (secondary N) is 1. The molecule has 0 heterocycles. The Labute approximate surface area is 118 Å². The van der Waals surface area contributed by atoms with Crippen LogP contribution >= 0.6 is 0 Å². The van der Waals surface area contributed by atoms with Gasteiger partial charge in [0.15, 0.2) is 0 Å². The molecule has 0 radical (unpaired) electrons. The van der Waals surface area contributed by atoms with Gasteiger partial charge in [-0.2, -0.15) is 0 Å². The maximum absolute atomic E-state index is 13.2. The third kappa shape index (κ3) is 3.20. The fourth-order valence-electron chi connectivity index (χ4n) is 2.06. The largest absolute Gasteiger partial charge is 0.508 e. The summed E-state index contributed by atoms with van der Waals surface area (Å²) in [6.45, 7) is 4.23. The molecule has 2 aromatic rings. The average Bonchev–Trinajstić information content (AvgIpc) is 2.42. The summed E-state index contributed by atoms with van der Waals surface area (Å²) < 4.78 is 18.7. The van der Waals surface area contributed by atoms with Crippen molar-refractivity contribution in [1.29, 1.82) is 0 Å². The molecule has 0 bridgehead atoms. The van der Waals surface area contributed by atoms with E-state index in [9.17, 15) is 9.50 Å². The minimum absolute atomic E-state index is 0.124. The first-order valence-electron chi connectivity index (χ1n) is 6.58. The molecule has 0 spiro atoms. The number of hydrogen-bond acceptors (Lipinski definition) is 3. The summed E-state index contributed by atoms with van der Waals surface area (Å²) >= 11 is 0. The average molecular weight is 275 g/mol. The van der Waals surface area contributed by atoms with Crippen LogP contribution in [0.5, 0.6) is 11.5 Å². The van der Waals surface area contributed by atoms with Crippen LogP contribution < -0.4 is 10.1 Å². The van der Waals surface area contributed by atoms with Crippen LogP contribution in [0.25, 0.3) is 0 Å². The highest BCUT2D eigenvalue weighted by atomic mass is 19.1. The van der Waals surface area contributed by atoms with E-state index in [2.05, 4.69) is 5.32 Å². The van der Waals surface area contributed by atoms with Crippen LogP contribution in [0.4, 0.5) is 10.1 Å². The van der Waals surface area contributed by atoms with Crippen LogP contribution in [0.15, 0.2) is 42.5 Å². The molecule has 2 aromatic carbocycles. The molecule has 0 saturated heterocycles. The number of halogens is 1. The number of ether oxygens (including phenoxy) is 1. The summed E-state index contributed by atoms with van der Waals surface area (Å²) in [5.74, 6) is 0.358. The summed E-state index contributed by atoms with van der Waals surface area (Å²) in [4.78, 5) is 0. The topological polar surface area (TPSA) is 41.5 Å². The molecule has 106 valence electrons. The summed E-state index contributed by atoms with van der Waals surface area (Å²) in [5.41, 5.74) is 1.48. The number of aromatic hydroxyl groups is 1. The van der Waals surface area contributed by atoms with Gasteiger partial charge in [-0.05, 0) is 32.0 Å². The molecule has 0 aliphatic carbocycles. The van der Waals surface area contributed by atoms with E-state index in [1.54, 1.807) is 18.2 Å². The Bertz CT molecular complexity index is 586. The molecule has 4 heteroatoms. The second kappa shape index (κ2) is 6.28. The van der Waals surface area contributed by atoms with Crippen LogP contribution in [0, 0.1) is 5.82 Å². The Hall–Kier alpha value is -2.23. The molecule has 0 fully saturated rings. The lowest BCUT2D eigenvalue weighted by atomic mass is 10.1. The van der Waals surface area contributed by atoms with Gasteiger partial charge in [-0.1, -0.05) is 18.2 Å². The van der Waals surface area contributed by atoms with Crippen molar-refractivity contribution in [2.75, 3.05) is 11.9 Å². The van der Waals surface area contributed by atoms with Gasteiger partial charge in [0.05, 0.1) is 18.3 Å². The summed E-state index contributed by atoms with van der Waals surface area (Å²) in [5, 5.41) is 13.1. The highest BCUT2D eigenvalue weighted by Gasteiger charge is 2.12. The molecule has 0 aliphatic heterocycles. The third-order valence-corrected chi connectivity index (χ3v) is 3.02. The van der Waals surface area contributed by atoms with Crippen LogP contribution in [0.3, 0.4) is 0 Å². The van der Waals surface area contributed by atoms with Gasteiger partial charge in [0.25, 0.3) is 0 Å². The molecule has 1 atom stereocenters. The Morgan fingerprint density at radius 2 is 2.00 bits per heavy atom. The first-order valence-corrected chi connectivity index (χ1v) is 6.58. The van der Waals surface area contributed by atoms with Gasteiger partial charge >= 0.3 is 0 Å². The molecule has 0 aliphatic rings. The summed E-state index contributed by atoms with van der Waals surface area (Å²) in [6.07, 6.45) is 0. The van der Waals surface area contributed by atoms with Gasteiger partial charge in [0, 0.05) is 11.6 Å². The van der Waals surface area contributed by atoms with E-state index < -0.39 is 0 Å². The van der Waals surface area contributed by atoms with Crippen molar-refractivity contribution in [2.45, 2.75) is 19.9 Å². The number of hydrogen-bond donors (Lipinski definition) is 2. The SMILES string of the molecule is CCOc1cc(F)ccc1NC(C)c1ccccc1O. The second-order valence-electron chi connectivity index (χ2n) is 4.50. The molecule has 0 saturated carbocycles. The van der Waals surface area contributed by atoms with E-state index >= 15 is 0 Å². The first kappa shape index (κ1) is 14.2. The Morgan fingerprint density at radius 1 is 1.25 bits per heavy atom. The van der Waals surface area contributed by atoms with Gasteiger partial charge in [-0.15, -0.1) is 0 Å². The number of rotatable bonds is 5. The summed E-state index contributed by atoms with van der Waals surface area (Å²) in [6, 6.07) is 11.4. The van der Waals surface area contributed by atoms with Crippen molar-refractivity contribution in [3.8, 4) is 11.5 Å². The molecule has 1 unspecified atom stereocenters. The zero-order valence-electron chi connectivity index (χ0n) is 11.6. The molecule has 0 aromatic heterocycles. The van der Waals surface area contributed by atoms with Crippen molar-refractivity contribution >= 4 is 5.69 Å². The zero-order valence-corrected chi connectivity index (χ0v) is 11.6. The molecule has 2 N–H and O–H groups in total. The van der Waals surface area contributed by atoms with Gasteiger partial charge in [0.2, 0.25) is 0 Å². The zero-order chi connectivity index (χ0) is 14.5. The van der Waals surface area contributed by atoms with E-state index in [1.165, 1.54) is 12.1 Å². The molecular weight excluding hydrogens is 257 g/mol. The van der Waals surface area contributed by atoms with E-state index in [0.29, 0.717) is 18.0 Å². The quantitative estimate of drug-likeness (QED) is 0.863. The Morgan fingerprint density at radius 3 is 2.70 bits per heavy atom. The minimum atomic E-state index is -0.339. The lowest BCUT2D eigenvalue weighted by molar-refractivity contribution is 0.339. The van der Waals surface area contributed by atoms with E-state index in [4.69, 9.17) is 4.74 Å². The van der Waals surface area contributed by atoms with E-state index in [0.717, 1.165) is 5.56 Å². The number of benzene rings is 2. The van der Waals surface area contributed by atoms with Crippen molar-refractivity contribution < 1.29 is 14.2 Å². The number of phenolic OH excluding ortho intramolecular Hbond substituents is 1. The monoisotopic (exact) mass is 275 g/mol. The third-order valence-electron chi connectivity index (χ3n) is 3.02. The predicted octanol–water partition coefficient (Wildman–Crippen LogP) is 4.10. The first-order chi connectivity index (χ1) is 9.61. The maximum Gasteiger partial charge on any atom is 0.145 e. The van der Waals surface area contributed by atoms with Crippen LogP contribution in [0.2, 0.25) is 0 Å². The van der Waals surface area contributed by atoms with Crippen molar-refractivity contribution in [3.63, 3.8) is 0 Å². The van der Waals surface area contributed by atoms with Gasteiger partial charge in [-0.25, -0.2) is 4.39 Å². The van der Waals surface area contributed by atoms with Crippen molar-refractivity contribution in [3.05, 3.63) is 53.8 Å². The summed E-state index contributed by atoms with van der Waals surface area (Å²) in [7, 11) is 0. The Balaban J connectivity index is 2.23. The fourth-order valence-corrected chi connectivity index (χ4v) is 2.06. The molecule has 0 amide bonds. The lowest BCUT2D eigenvalue weighted by Crippen LogP contribution is -2.08. The van der Waals surface area contributed by atoms with E-state index in [1.807, 2.05) is 26.0 Å². The standard InChI is InChI=1S/C16H18FNO2/c1-3-20-16-10-12(17)8-9-14(16)18-11(2)13-6-4-5-7-15(13)19/h4-11,18-19H,3H2,1-2H3. The molecule has 2 rings (SSSR count). The highest BCUT2D eigenvalue weighted by Crippen LogP contribution is 2.31. The van der Waals surface area contributed by atoms with E-state index in [-0.39, 0.29) is 17.6 Å². The molecular formula is C16H18FNO2. The van der Waals surface area contributed by atoms with Crippen LogP contribution in [-0.4, -0.2) is 11.7 Å². The van der Waals surface area contributed by atoms with Gasteiger partial charge in [-0.3, -0.25) is 0 Å². The van der Waals surface area contributed by atoms with Crippen LogP contribution in [0.1, 0.15) is 25.5 Å². The van der Waals surface area contributed by atoms with Crippen LogP contribution in [-0.2, 0) is 0 Å².